The first kappa shape index (κ1) is 44.4. The first-order valence-electron chi connectivity index (χ1n) is 23.0. The molecule has 4 bridgehead atoms. The molecule has 2 aromatic carbocycles. The number of hydrogen-bond acceptors (Lipinski definition) is 11. The molecular formula is C49H66N8O6. The Morgan fingerprint density at radius 1 is 0.889 bits per heavy atom. The predicted molar refractivity (Wildman–Crippen MR) is 243 cm³/mol. The molecular weight excluding hydrogens is 797 g/mol. The molecule has 63 heavy (non-hydrogen) atoms. The van der Waals surface area contributed by atoms with Crippen LogP contribution in [0.2, 0.25) is 0 Å². The molecule has 4 aliphatic carbocycles. The molecule has 1 atom stereocenters. The van der Waals surface area contributed by atoms with E-state index in [0.717, 1.165) is 61.6 Å². The molecule has 4 saturated carbocycles. The number of nitrogens with one attached hydrogen (secondary N) is 1. The molecule has 14 nitrogen and oxygen atoms in total. The minimum absolute atomic E-state index is 0.0161. The summed E-state index contributed by atoms with van der Waals surface area (Å²) in [5.41, 5.74) is 7.10. The standard InChI is InChI=1S/C49H66N8O6/c1-31(15-18-49-27-32-23-33(28-49)25-34(24-32)29-49)44(58)51-19-22-55-20-16-36(17-21-55)57-43-40(41(54-57)35-13-14-39(38(50)26-35)61-37-11-9-8-10-12-37)42(52-30-53-43)56(45(59)62-47(2,3)4)46(60)63-48(5,6)7/h8-14,26,30-34,36H,15-25,27-29,50H2,1-7H3,(H,51,58)/t31-,32?,33?,34?,49?/m1/s1. The van der Waals surface area contributed by atoms with Crippen molar-refractivity contribution in [3.05, 3.63) is 54.9 Å². The maximum atomic E-state index is 14.0. The van der Waals surface area contributed by atoms with E-state index in [1.54, 1.807) is 53.7 Å². The summed E-state index contributed by atoms with van der Waals surface area (Å²) in [5.74, 6) is 4.05. The van der Waals surface area contributed by atoms with E-state index >= 15 is 0 Å². The van der Waals surface area contributed by atoms with Gasteiger partial charge in [-0.05, 0) is 159 Å². The van der Waals surface area contributed by atoms with Gasteiger partial charge in [0.05, 0.1) is 17.1 Å². The highest BCUT2D eigenvalue weighted by molar-refractivity contribution is 6.15. The zero-order valence-corrected chi connectivity index (χ0v) is 38.2. The Morgan fingerprint density at radius 3 is 2.10 bits per heavy atom. The summed E-state index contributed by atoms with van der Waals surface area (Å²) < 4.78 is 19.5. The van der Waals surface area contributed by atoms with E-state index in [4.69, 9.17) is 30.0 Å². The largest absolute Gasteiger partial charge is 0.455 e. The molecule has 9 rings (SSSR count). The number of nitrogen functional groups attached to an aromatic ring is 1. The van der Waals surface area contributed by atoms with Crippen molar-refractivity contribution in [1.29, 1.82) is 0 Å². The van der Waals surface area contributed by atoms with Gasteiger partial charge in [-0.25, -0.2) is 24.2 Å². The number of amides is 3. The van der Waals surface area contributed by atoms with Crippen LogP contribution in [-0.4, -0.2) is 80.1 Å². The SMILES string of the molecule is C[C@H](CCC12CC3CC(CC(C3)C1)C2)C(=O)NCCN1CCC(n2nc(-c3ccc(Oc4ccccc4)c(N)c3)c3c(N(C(=O)OC(C)(C)C)C(=O)OC(C)(C)C)ncnc32)CC1. The van der Waals surface area contributed by atoms with Crippen LogP contribution >= 0.6 is 0 Å². The number of rotatable bonds is 12. The third kappa shape index (κ3) is 10.3. The van der Waals surface area contributed by atoms with Crippen molar-refractivity contribution in [2.75, 3.05) is 36.8 Å². The Balaban J connectivity index is 0.996. The average molecular weight is 863 g/mol. The number of hydrogen-bond donors (Lipinski definition) is 2. The van der Waals surface area contributed by atoms with Crippen LogP contribution in [0.3, 0.4) is 0 Å². The Labute approximate surface area is 371 Å². The third-order valence-electron chi connectivity index (χ3n) is 13.4. The van der Waals surface area contributed by atoms with Gasteiger partial charge in [0.15, 0.2) is 11.5 Å². The summed E-state index contributed by atoms with van der Waals surface area (Å²) in [6, 6.07) is 14.7. The van der Waals surface area contributed by atoms with Crippen molar-refractivity contribution < 1.29 is 28.6 Å². The number of imide groups is 1. The summed E-state index contributed by atoms with van der Waals surface area (Å²) in [6.45, 7) is 15.4. The number of para-hydroxylation sites is 1. The monoisotopic (exact) mass is 863 g/mol. The summed E-state index contributed by atoms with van der Waals surface area (Å²) >= 11 is 0. The van der Waals surface area contributed by atoms with Gasteiger partial charge in [-0.3, -0.25) is 4.79 Å². The number of aromatic nitrogens is 4. The molecule has 1 aliphatic heterocycles. The van der Waals surface area contributed by atoms with Crippen LogP contribution in [0.5, 0.6) is 11.5 Å². The van der Waals surface area contributed by atoms with E-state index in [2.05, 4.69) is 22.1 Å². The topological polar surface area (TPSA) is 167 Å². The summed E-state index contributed by atoms with van der Waals surface area (Å²) in [6.07, 6.45) is 11.6. The van der Waals surface area contributed by atoms with E-state index in [0.29, 0.717) is 51.4 Å². The van der Waals surface area contributed by atoms with Gasteiger partial charge in [-0.2, -0.15) is 10.00 Å². The van der Waals surface area contributed by atoms with Crippen LogP contribution in [0.15, 0.2) is 54.9 Å². The van der Waals surface area contributed by atoms with Crippen LogP contribution < -0.4 is 20.7 Å². The number of carbonyl (C=O) groups excluding carboxylic acids is 3. The van der Waals surface area contributed by atoms with E-state index in [1.807, 2.05) is 41.1 Å². The molecule has 3 heterocycles. The summed E-state index contributed by atoms with van der Waals surface area (Å²) in [7, 11) is 0. The molecule has 0 spiro atoms. The Morgan fingerprint density at radius 2 is 1.51 bits per heavy atom. The lowest BCUT2D eigenvalue weighted by Gasteiger charge is -2.57. The van der Waals surface area contributed by atoms with Crippen molar-refractivity contribution in [3.8, 4) is 22.8 Å². The fourth-order valence-electron chi connectivity index (χ4n) is 11.0. The quantitative estimate of drug-likeness (QED) is 0.130. The van der Waals surface area contributed by atoms with Gasteiger partial charge >= 0.3 is 12.2 Å². The first-order valence-corrected chi connectivity index (χ1v) is 23.0. The number of ether oxygens (including phenoxy) is 3. The molecule has 1 saturated heterocycles. The summed E-state index contributed by atoms with van der Waals surface area (Å²) in [5, 5.41) is 8.78. The van der Waals surface area contributed by atoms with Gasteiger partial charge < -0.3 is 30.2 Å². The second-order valence-electron chi connectivity index (χ2n) is 20.9. The van der Waals surface area contributed by atoms with Gasteiger partial charge in [0.2, 0.25) is 5.91 Å². The van der Waals surface area contributed by atoms with E-state index in [9.17, 15) is 14.4 Å². The van der Waals surface area contributed by atoms with Gasteiger partial charge in [0.1, 0.15) is 34.7 Å². The molecule has 3 amide bonds. The molecule has 4 aromatic rings. The van der Waals surface area contributed by atoms with Crippen molar-refractivity contribution in [2.45, 2.75) is 130 Å². The lowest BCUT2D eigenvalue weighted by atomic mass is 9.48. The third-order valence-corrected chi connectivity index (χ3v) is 13.4. The number of likely N-dealkylation sites (tertiary alicyclic amines) is 1. The summed E-state index contributed by atoms with van der Waals surface area (Å²) in [4.78, 5) is 53.6. The normalized spacial score (nSPS) is 23.1. The van der Waals surface area contributed by atoms with Gasteiger partial charge in [-0.1, -0.05) is 25.1 Å². The molecule has 0 radical (unpaired) electrons. The molecule has 338 valence electrons. The Hall–Kier alpha value is -5.24. The smallest absolute Gasteiger partial charge is 0.425 e. The number of nitrogens with zero attached hydrogens (tertiary/aromatic N) is 6. The second kappa shape index (κ2) is 17.7. The van der Waals surface area contributed by atoms with E-state index in [-0.39, 0.29) is 23.7 Å². The fourth-order valence-corrected chi connectivity index (χ4v) is 11.0. The Kier molecular flexibility index (Phi) is 12.5. The lowest BCUT2D eigenvalue weighted by molar-refractivity contribution is -0.125. The zero-order chi connectivity index (χ0) is 44.7. The fraction of sp³-hybridized carbons (Fsp3) is 0.592. The van der Waals surface area contributed by atoms with Crippen LogP contribution in [0.4, 0.5) is 21.1 Å². The first-order chi connectivity index (χ1) is 29.9. The number of nitrogens with two attached hydrogens (primary N) is 1. The number of piperidine rings is 1. The number of fused-ring (bicyclic) bond motifs is 1. The molecule has 5 aliphatic rings. The van der Waals surface area contributed by atoms with E-state index < -0.39 is 23.4 Å². The molecule has 2 aromatic heterocycles. The highest BCUT2D eigenvalue weighted by Crippen LogP contribution is 2.61. The molecule has 5 fully saturated rings. The lowest BCUT2D eigenvalue weighted by Crippen LogP contribution is -2.46. The van der Waals surface area contributed by atoms with E-state index in [1.165, 1.54) is 51.3 Å². The number of carbonyl (C=O) groups is 3. The van der Waals surface area contributed by atoms with Gasteiger partial charge in [-0.15, -0.1) is 0 Å². The van der Waals surface area contributed by atoms with Gasteiger partial charge in [0.25, 0.3) is 0 Å². The van der Waals surface area contributed by atoms with Crippen molar-refractivity contribution in [1.82, 2.24) is 30.0 Å². The minimum atomic E-state index is -0.945. The maximum Gasteiger partial charge on any atom is 0.425 e. The molecule has 0 unspecified atom stereocenters. The van der Waals surface area contributed by atoms with Crippen molar-refractivity contribution in [3.63, 3.8) is 0 Å². The van der Waals surface area contributed by atoms with Gasteiger partial charge in [0, 0.05) is 37.7 Å². The maximum absolute atomic E-state index is 14.0. The van der Waals surface area contributed by atoms with Crippen molar-refractivity contribution >= 4 is 40.6 Å². The highest BCUT2D eigenvalue weighted by atomic mass is 16.6. The minimum Gasteiger partial charge on any atom is -0.455 e. The highest BCUT2D eigenvalue weighted by Gasteiger charge is 2.50. The predicted octanol–water partition coefficient (Wildman–Crippen LogP) is 9.93. The number of benzene rings is 2. The molecule has 14 heteroatoms. The molecule has 3 N–H and O–H groups in total. The number of anilines is 2. The van der Waals surface area contributed by atoms with Crippen LogP contribution in [-0.2, 0) is 14.3 Å². The van der Waals surface area contributed by atoms with Crippen molar-refractivity contribution in [2.24, 2.45) is 29.1 Å². The van der Waals surface area contributed by atoms with Crippen LogP contribution in [0.1, 0.15) is 119 Å². The average Bonchev–Trinajstić information content (AvgIpc) is 3.60. The van der Waals surface area contributed by atoms with Crippen LogP contribution in [0, 0.1) is 29.1 Å². The van der Waals surface area contributed by atoms with Crippen LogP contribution in [0.25, 0.3) is 22.3 Å². The zero-order valence-electron chi connectivity index (χ0n) is 38.2. The second-order valence-corrected chi connectivity index (χ2v) is 20.9. The Bertz CT molecular complexity index is 2230.